The smallest absolute Gasteiger partial charge is 0.302 e. The molecule has 0 saturated heterocycles. The molecule has 0 fully saturated rings. The zero-order valence-electron chi connectivity index (χ0n) is 13.3. The number of hydrogen-bond donors (Lipinski definition) is 1. The van der Waals surface area contributed by atoms with Gasteiger partial charge in [0.15, 0.2) is 17.0 Å². The second kappa shape index (κ2) is 7.63. The van der Waals surface area contributed by atoms with Crippen molar-refractivity contribution in [3.63, 3.8) is 0 Å². The maximum atomic E-state index is 11.8. The van der Waals surface area contributed by atoms with E-state index < -0.39 is 0 Å². The maximum Gasteiger partial charge on any atom is 0.302 e. The van der Waals surface area contributed by atoms with Gasteiger partial charge in [-0.25, -0.2) is 15.0 Å². The number of hydrogen-bond acceptors (Lipinski definition) is 7. The van der Waals surface area contributed by atoms with Gasteiger partial charge >= 0.3 is 5.97 Å². The van der Waals surface area contributed by atoms with Crippen molar-refractivity contribution in [1.82, 2.24) is 19.5 Å². The van der Waals surface area contributed by atoms with E-state index in [2.05, 4.69) is 20.3 Å². The van der Waals surface area contributed by atoms with E-state index in [9.17, 15) is 9.59 Å². The Labute approximate surface area is 133 Å². The summed E-state index contributed by atoms with van der Waals surface area (Å²) in [6.07, 6.45) is 2.91. The zero-order valence-corrected chi connectivity index (χ0v) is 13.3. The molecule has 0 aromatic carbocycles. The molecule has 0 saturated carbocycles. The molecule has 124 valence electrons. The number of carbonyl (C=O) groups is 2. The average molecular weight is 321 g/mol. The highest BCUT2D eigenvalue weighted by molar-refractivity contribution is 5.97. The third kappa shape index (κ3) is 4.46. The first-order valence-electron chi connectivity index (χ1n) is 7.17. The first-order valence-corrected chi connectivity index (χ1v) is 7.17. The van der Waals surface area contributed by atoms with E-state index >= 15 is 0 Å². The van der Waals surface area contributed by atoms with Gasteiger partial charge in [-0.05, 0) is 0 Å². The van der Waals surface area contributed by atoms with Crippen LogP contribution in [0.15, 0.2) is 12.7 Å². The molecule has 1 N–H and O–H groups in total. The Bertz CT molecular complexity index is 698. The Morgan fingerprint density at radius 3 is 2.74 bits per heavy atom. The van der Waals surface area contributed by atoms with E-state index in [4.69, 9.17) is 9.47 Å². The fraction of sp³-hybridized carbons (Fsp3) is 0.500. The lowest BCUT2D eigenvalue weighted by Gasteiger charge is -2.08. The van der Waals surface area contributed by atoms with E-state index in [0.29, 0.717) is 17.0 Å². The molecule has 2 aromatic heterocycles. The number of amides is 1. The van der Waals surface area contributed by atoms with Crippen LogP contribution in [0.5, 0.6) is 0 Å². The van der Waals surface area contributed by atoms with Crippen LogP contribution in [0, 0.1) is 5.92 Å². The summed E-state index contributed by atoms with van der Waals surface area (Å²) in [5.74, 6) is -0.281. The predicted octanol–water partition coefficient (Wildman–Crippen LogP) is 0.958. The first-order chi connectivity index (χ1) is 11.0. The molecule has 0 atom stereocenters. The van der Waals surface area contributed by atoms with Crippen LogP contribution < -0.4 is 5.32 Å². The van der Waals surface area contributed by atoms with Gasteiger partial charge in [0.1, 0.15) is 19.7 Å². The van der Waals surface area contributed by atoms with Gasteiger partial charge < -0.3 is 14.8 Å². The Morgan fingerprint density at radius 2 is 2.04 bits per heavy atom. The zero-order chi connectivity index (χ0) is 16.8. The number of rotatable bonds is 7. The molecule has 0 aliphatic heterocycles. The monoisotopic (exact) mass is 321 g/mol. The Balaban J connectivity index is 2.03. The molecule has 0 spiro atoms. The fourth-order valence-corrected chi connectivity index (χ4v) is 1.73. The van der Waals surface area contributed by atoms with Crippen molar-refractivity contribution < 1.29 is 19.1 Å². The van der Waals surface area contributed by atoms with Crippen LogP contribution in [-0.2, 0) is 25.8 Å². The van der Waals surface area contributed by atoms with Gasteiger partial charge in [-0.1, -0.05) is 13.8 Å². The van der Waals surface area contributed by atoms with E-state index in [-0.39, 0.29) is 37.7 Å². The summed E-state index contributed by atoms with van der Waals surface area (Å²) in [7, 11) is 0. The van der Waals surface area contributed by atoms with Crippen molar-refractivity contribution in [2.24, 2.45) is 5.92 Å². The molecule has 2 aromatic rings. The van der Waals surface area contributed by atoms with Crippen molar-refractivity contribution >= 4 is 28.9 Å². The number of imidazole rings is 1. The van der Waals surface area contributed by atoms with Crippen LogP contribution in [-0.4, -0.2) is 44.6 Å². The fourth-order valence-electron chi connectivity index (χ4n) is 1.73. The molecule has 1 amide bonds. The minimum Gasteiger partial charge on any atom is -0.463 e. The number of carbonyl (C=O) groups excluding carboxylic acids is 2. The number of nitrogens with zero attached hydrogens (tertiary/aromatic N) is 4. The number of nitrogens with one attached hydrogen (secondary N) is 1. The van der Waals surface area contributed by atoms with Crippen LogP contribution in [0.3, 0.4) is 0 Å². The number of aromatic nitrogens is 4. The van der Waals surface area contributed by atoms with Gasteiger partial charge in [-0.2, -0.15) is 0 Å². The summed E-state index contributed by atoms with van der Waals surface area (Å²) in [5, 5.41) is 2.72. The largest absolute Gasteiger partial charge is 0.463 e. The SMILES string of the molecule is CC(=O)OCCOCn1cnc2c(NC(=O)C(C)C)ncnc21. The Morgan fingerprint density at radius 1 is 1.26 bits per heavy atom. The lowest BCUT2D eigenvalue weighted by atomic mass is 10.2. The van der Waals surface area contributed by atoms with Crippen molar-refractivity contribution in [2.75, 3.05) is 18.5 Å². The molecule has 23 heavy (non-hydrogen) atoms. The minimum atomic E-state index is -0.347. The summed E-state index contributed by atoms with van der Waals surface area (Å²) in [5.41, 5.74) is 1.04. The van der Waals surface area contributed by atoms with E-state index in [1.165, 1.54) is 13.3 Å². The molecule has 2 rings (SSSR count). The lowest BCUT2D eigenvalue weighted by molar-refractivity contribution is -0.142. The summed E-state index contributed by atoms with van der Waals surface area (Å²) in [6, 6.07) is 0. The third-order valence-electron chi connectivity index (χ3n) is 2.93. The van der Waals surface area contributed by atoms with Gasteiger partial charge in [0.2, 0.25) is 5.91 Å². The molecule has 0 unspecified atom stereocenters. The molecule has 0 aliphatic carbocycles. The van der Waals surface area contributed by atoms with Gasteiger partial charge in [0.25, 0.3) is 0 Å². The van der Waals surface area contributed by atoms with Crippen LogP contribution in [0.4, 0.5) is 5.82 Å². The highest BCUT2D eigenvalue weighted by Gasteiger charge is 2.14. The normalized spacial score (nSPS) is 11.0. The molecule has 0 bridgehead atoms. The average Bonchev–Trinajstić information content (AvgIpc) is 2.91. The minimum absolute atomic E-state index is 0.141. The third-order valence-corrected chi connectivity index (χ3v) is 2.93. The molecular weight excluding hydrogens is 302 g/mol. The number of ether oxygens (including phenoxy) is 2. The number of esters is 1. The standard InChI is InChI=1S/C14H19N5O4/c1-9(2)14(21)18-12-11-13(16-6-15-12)19(7-17-11)8-22-4-5-23-10(3)20/h6-7,9H,4-5,8H2,1-3H3,(H,15,16,18,21). The summed E-state index contributed by atoms with van der Waals surface area (Å²) in [4.78, 5) is 34.9. The summed E-state index contributed by atoms with van der Waals surface area (Å²) < 4.78 is 11.8. The number of fused-ring (bicyclic) bond motifs is 1. The van der Waals surface area contributed by atoms with E-state index in [1.54, 1.807) is 24.7 Å². The Hall–Kier alpha value is -2.55. The van der Waals surface area contributed by atoms with Crippen LogP contribution >= 0.6 is 0 Å². The second-order valence-corrected chi connectivity index (χ2v) is 5.13. The molecule has 9 heteroatoms. The highest BCUT2D eigenvalue weighted by Crippen LogP contribution is 2.17. The summed E-state index contributed by atoms with van der Waals surface area (Å²) >= 11 is 0. The predicted molar refractivity (Wildman–Crippen MR) is 81.4 cm³/mol. The van der Waals surface area contributed by atoms with E-state index in [1.807, 2.05) is 0 Å². The Kier molecular flexibility index (Phi) is 5.58. The lowest BCUT2D eigenvalue weighted by Crippen LogP contribution is -2.19. The van der Waals surface area contributed by atoms with Gasteiger partial charge in [-0.15, -0.1) is 0 Å². The van der Waals surface area contributed by atoms with Gasteiger partial charge in [0.05, 0.1) is 12.9 Å². The maximum absolute atomic E-state index is 11.8. The summed E-state index contributed by atoms with van der Waals surface area (Å²) in [6.45, 7) is 5.58. The topological polar surface area (TPSA) is 108 Å². The molecule has 2 heterocycles. The molecule has 9 nitrogen and oxygen atoms in total. The quantitative estimate of drug-likeness (QED) is 0.597. The molecular formula is C14H19N5O4. The van der Waals surface area contributed by atoms with Gasteiger partial charge in [-0.3, -0.25) is 14.2 Å². The van der Waals surface area contributed by atoms with Gasteiger partial charge in [0, 0.05) is 12.8 Å². The highest BCUT2D eigenvalue weighted by atomic mass is 16.6. The van der Waals surface area contributed by atoms with Crippen LogP contribution in [0.2, 0.25) is 0 Å². The molecule has 0 aliphatic rings. The van der Waals surface area contributed by atoms with Crippen LogP contribution in [0.25, 0.3) is 11.2 Å². The second-order valence-electron chi connectivity index (χ2n) is 5.13. The van der Waals surface area contributed by atoms with Crippen molar-refractivity contribution in [3.05, 3.63) is 12.7 Å². The van der Waals surface area contributed by atoms with E-state index in [0.717, 1.165) is 0 Å². The first kappa shape index (κ1) is 16.8. The van der Waals surface area contributed by atoms with Crippen molar-refractivity contribution in [2.45, 2.75) is 27.5 Å². The number of anilines is 1. The van der Waals surface area contributed by atoms with Crippen molar-refractivity contribution in [1.29, 1.82) is 0 Å². The van der Waals surface area contributed by atoms with Crippen LogP contribution in [0.1, 0.15) is 20.8 Å². The van der Waals surface area contributed by atoms with Crippen molar-refractivity contribution in [3.8, 4) is 0 Å². The molecule has 0 radical (unpaired) electrons.